The van der Waals surface area contributed by atoms with Crippen LogP contribution in [0.2, 0.25) is 0 Å². The van der Waals surface area contributed by atoms with Gasteiger partial charge in [-0.15, -0.1) is 0 Å². The van der Waals surface area contributed by atoms with Crippen molar-refractivity contribution in [2.75, 3.05) is 6.61 Å². The third kappa shape index (κ3) is 4.30. The minimum Gasteiger partial charge on any atom is -0.462 e. The van der Waals surface area contributed by atoms with Gasteiger partial charge in [-0.05, 0) is 110 Å². The summed E-state index contributed by atoms with van der Waals surface area (Å²) in [5.41, 5.74) is 8.21. The summed E-state index contributed by atoms with van der Waals surface area (Å²) in [7, 11) is 0. The molecular formula is C33H42N4O2. The molecule has 5 rings (SSSR count). The smallest absolute Gasteiger partial charge is 0.333 e. The number of nitrogens with one attached hydrogen (secondary N) is 4. The highest BCUT2D eigenvalue weighted by Gasteiger charge is 2.38. The van der Waals surface area contributed by atoms with Crippen molar-refractivity contribution < 1.29 is 9.53 Å². The molecule has 39 heavy (non-hydrogen) atoms. The zero-order valence-corrected chi connectivity index (χ0v) is 24.6. The first kappa shape index (κ1) is 26.9. The van der Waals surface area contributed by atoms with E-state index in [1.807, 2.05) is 0 Å². The van der Waals surface area contributed by atoms with Gasteiger partial charge in [0.25, 0.3) is 0 Å². The lowest BCUT2D eigenvalue weighted by Crippen LogP contribution is -2.29. The zero-order chi connectivity index (χ0) is 28.4. The Labute approximate surface area is 231 Å². The van der Waals surface area contributed by atoms with E-state index < -0.39 is 5.41 Å². The summed E-state index contributed by atoms with van der Waals surface area (Å²) < 4.78 is 5.57. The first-order chi connectivity index (χ1) is 18.2. The van der Waals surface area contributed by atoms with Crippen molar-refractivity contribution in [3.8, 4) is 0 Å². The van der Waals surface area contributed by atoms with Crippen LogP contribution in [0.15, 0.2) is 60.7 Å². The van der Waals surface area contributed by atoms with Crippen LogP contribution in [0.5, 0.6) is 0 Å². The molecule has 0 amide bonds. The van der Waals surface area contributed by atoms with E-state index in [-0.39, 0.29) is 28.8 Å². The summed E-state index contributed by atoms with van der Waals surface area (Å²) in [6.45, 7) is 21.4. The minimum absolute atomic E-state index is 0.221. The SMILES string of the molecule is C=C(C)C(=O)OCCC1(C)c2ccc([nH]2)C(C)(C)c2ccc([nH]2)C(C)(C)c2ccc([nH]2)C(C)(C)c2ccc1[nH]2. The highest BCUT2D eigenvalue weighted by atomic mass is 16.5. The number of hydrogen-bond acceptors (Lipinski definition) is 2. The maximum atomic E-state index is 12.2. The van der Waals surface area contributed by atoms with Crippen molar-refractivity contribution in [3.63, 3.8) is 0 Å². The number of aromatic nitrogens is 4. The molecule has 0 aromatic carbocycles. The van der Waals surface area contributed by atoms with E-state index in [2.05, 4.69) is 124 Å². The van der Waals surface area contributed by atoms with E-state index in [0.717, 1.165) is 34.2 Å². The number of carbonyl (C=O) groups excluding carboxylic acids is 1. The lowest BCUT2D eigenvalue weighted by molar-refractivity contribution is -0.139. The minimum atomic E-state index is -0.446. The van der Waals surface area contributed by atoms with E-state index >= 15 is 0 Å². The number of aromatic amines is 4. The molecule has 0 saturated heterocycles. The van der Waals surface area contributed by atoms with Gasteiger partial charge in [-0.25, -0.2) is 4.79 Å². The van der Waals surface area contributed by atoms with Crippen LogP contribution in [0.1, 0.15) is 107 Å². The van der Waals surface area contributed by atoms with Gasteiger partial charge in [0, 0.05) is 67.4 Å². The number of hydrogen-bond donors (Lipinski definition) is 4. The summed E-state index contributed by atoms with van der Waals surface area (Å²) in [5, 5.41) is 0. The van der Waals surface area contributed by atoms with Gasteiger partial charge in [0.1, 0.15) is 0 Å². The monoisotopic (exact) mass is 526 g/mol. The van der Waals surface area contributed by atoms with Crippen LogP contribution in [0.4, 0.5) is 0 Å². The van der Waals surface area contributed by atoms with Gasteiger partial charge < -0.3 is 24.7 Å². The van der Waals surface area contributed by atoms with Crippen LogP contribution in [0.3, 0.4) is 0 Å². The number of fused-ring (bicyclic) bond motifs is 8. The largest absolute Gasteiger partial charge is 0.462 e. The maximum absolute atomic E-state index is 12.2. The number of ether oxygens (including phenoxy) is 1. The normalized spacial score (nSPS) is 18.5. The predicted octanol–water partition coefficient (Wildman–Crippen LogP) is 7.11. The summed E-state index contributed by atoms with van der Waals surface area (Å²) in [5.74, 6) is -0.360. The predicted molar refractivity (Wildman–Crippen MR) is 156 cm³/mol. The van der Waals surface area contributed by atoms with Gasteiger partial charge in [-0.3, -0.25) is 0 Å². The molecule has 0 unspecified atom stereocenters. The molecule has 6 heteroatoms. The van der Waals surface area contributed by atoms with E-state index in [9.17, 15) is 4.79 Å². The van der Waals surface area contributed by atoms with Crippen molar-refractivity contribution >= 4 is 5.97 Å². The Morgan fingerprint density at radius 2 is 0.897 bits per heavy atom. The summed E-state index contributed by atoms with van der Waals surface area (Å²) >= 11 is 0. The maximum Gasteiger partial charge on any atom is 0.333 e. The first-order valence-corrected chi connectivity index (χ1v) is 13.8. The van der Waals surface area contributed by atoms with Crippen LogP contribution in [0, 0.1) is 0 Å². The molecule has 0 aliphatic carbocycles. The third-order valence-corrected chi connectivity index (χ3v) is 9.16. The Balaban J connectivity index is 1.67. The second-order valence-corrected chi connectivity index (χ2v) is 13.0. The van der Waals surface area contributed by atoms with Gasteiger partial charge in [0.15, 0.2) is 0 Å². The lowest BCUT2D eigenvalue weighted by Gasteiger charge is -2.30. The molecular weight excluding hydrogens is 484 g/mol. The van der Waals surface area contributed by atoms with Crippen molar-refractivity contribution in [3.05, 3.63) is 106 Å². The van der Waals surface area contributed by atoms with Crippen LogP contribution in [-0.4, -0.2) is 32.5 Å². The molecule has 1 aliphatic heterocycles. The zero-order valence-electron chi connectivity index (χ0n) is 24.6. The Kier molecular flexibility index (Phi) is 6.17. The van der Waals surface area contributed by atoms with E-state index in [0.29, 0.717) is 12.0 Å². The number of carbonyl (C=O) groups is 1. The Morgan fingerprint density at radius 3 is 1.21 bits per heavy atom. The molecule has 206 valence electrons. The van der Waals surface area contributed by atoms with Crippen molar-refractivity contribution in [2.24, 2.45) is 0 Å². The molecule has 0 fully saturated rings. The molecule has 0 radical (unpaired) electrons. The Morgan fingerprint density at radius 1 is 0.615 bits per heavy atom. The van der Waals surface area contributed by atoms with Crippen LogP contribution in [0.25, 0.3) is 0 Å². The van der Waals surface area contributed by atoms with Gasteiger partial charge >= 0.3 is 5.97 Å². The highest BCUT2D eigenvalue weighted by molar-refractivity contribution is 5.86. The van der Waals surface area contributed by atoms with E-state index in [1.165, 1.54) is 11.4 Å². The average Bonchev–Trinajstić information content (AvgIpc) is 3.69. The van der Waals surface area contributed by atoms with Crippen LogP contribution in [-0.2, 0) is 31.2 Å². The quantitative estimate of drug-likeness (QED) is 0.169. The van der Waals surface area contributed by atoms with E-state index in [4.69, 9.17) is 4.74 Å². The highest BCUT2D eigenvalue weighted by Crippen LogP contribution is 2.41. The van der Waals surface area contributed by atoms with Crippen molar-refractivity contribution in [1.29, 1.82) is 0 Å². The average molecular weight is 527 g/mol. The fourth-order valence-electron chi connectivity index (χ4n) is 5.73. The standard InChI is InChI=1S/C33H42N4O2/c1-20(2)29(38)39-19-18-33(9)27-16-14-25(36-27)31(5,6)23-12-10-21(34-23)30(3,4)22-11-13-24(35-22)32(7,8)26-15-17-28(33)37-26/h10-17,34-37H,1,18-19H2,2-9H3. The van der Waals surface area contributed by atoms with Crippen molar-refractivity contribution in [2.45, 2.75) is 83.5 Å². The molecule has 4 aromatic heterocycles. The third-order valence-electron chi connectivity index (χ3n) is 9.16. The van der Waals surface area contributed by atoms with Gasteiger partial charge in [0.2, 0.25) is 0 Å². The number of rotatable bonds is 4. The summed E-state index contributed by atoms with van der Waals surface area (Å²) in [6, 6.07) is 17.5. The molecule has 0 atom stereocenters. The Hall–Kier alpha value is -3.67. The second kappa shape index (κ2) is 8.94. The summed E-state index contributed by atoms with van der Waals surface area (Å²) in [4.78, 5) is 27.2. The van der Waals surface area contributed by atoms with Crippen molar-refractivity contribution in [1.82, 2.24) is 19.9 Å². The van der Waals surface area contributed by atoms with Gasteiger partial charge in [-0.2, -0.15) is 0 Å². The molecule has 4 aromatic rings. The van der Waals surface area contributed by atoms with Gasteiger partial charge in [0.05, 0.1) is 12.0 Å². The number of esters is 1. The first-order valence-electron chi connectivity index (χ1n) is 13.8. The van der Waals surface area contributed by atoms with Gasteiger partial charge in [-0.1, -0.05) is 6.58 Å². The molecule has 5 heterocycles. The second-order valence-electron chi connectivity index (χ2n) is 13.0. The molecule has 0 saturated carbocycles. The molecule has 1 aliphatic rings. The molecule has 8 bridgehead atoms. The van der Waals surface area contributed by atoms with E-state index in [1.54, 1.807) is 6.92 Å². The fourth-order valence-corrected chi connectivity index (χ4v) is 5.73. The molecule has 6 nitrogen and oxygen atoms in total. The van der Waals surface area contributed by atoms with Crippen LogP contribution >= 0.6 is 0 Å². The fraction of sp³-hybridized carbons (Fsp3) is 0.424. The molecule has 4 N–H and O–H groups in total. The Bertz CT molecular complexity index is 1440. The van der Waals surface area contributed by atoms with Crippen LogP contribution < -0.4 is 0 Å². The topological polar surface area (TPSA) is 89.5 Å². The summed E-state index contributed by atoms with van der Waals surface area (Å²) in [6.07, 6.45) is 0.611. The lowest BCUT2D eigenvalue weighted by atomic mass is 9.80. The molecule has 0 spiro atoms. The number of H-pyrrole nitrogens is 4.